The van der Waals surface area contributed by atoms with Crippen LogP contribution in [0.1, 0.15) is 24.2 Å². The third-order valence-electron chi connectivity index (χ3n) is 4.91. The maximum Gasteiger partial charge on any atom is 0.335 e. The Morgan fingerprint density at radius 3 is 2.21 bits per heavy atom. The van der Waals surface area contributed by atoms with Crippen LogP contribution in [-0.4, -0.2) is 25.8 Å². The highest BCUT2D eigenvalue weighted by atomic mass is 32.1. The van der Waals surface area contributed by atoms with E-state index in [9.17, 15) is 9.90 Å². The SMILES string of the molecule is CC.O=C(O)c1cccc(-c2cccc(-c3nc(-c4cccs4)n(-c4ccccc4)n3)c2)c1. The zero-order valence-corrected chi connectivity index (χ0v) is 19.2. The zero-order valence-electron chi connectivity index (χ0n) is 18.3. The highest BCUT2D eigenvalue weighted by molar-refractivity contribution is 7.13. The van der Waals surface area contributed by atoms with E-state index in [1.54, 1.807) is 29.5 Å². The van der Waals surface area contributed by atoms with Crippen molar-refractivity contribution in [1.29, 1.82) is 0 Å². The first-order valence-electron chi connectivity index (χ1n) is 10.7. The van der Waals surface area contributed by atoms with Crippen LogP contribution in [0.15, 0.2) is 96.4 Å². The number of rotatable bonds is 5. The third-order valence-corrected chi connectivity index (χ3v) is 5.78. The monoisotopic (exact) mass is 453 g/mol. The Labute approximate surface area is 196 Å². The summed E-state index contributed by atoms with van der Waals surface area (Å²) in [5.74, 6) is 0.458. The maximum atomic E-state index is 11.3. The van der Waals surface area contributed by atoms with Crippen LogP contribution in [0.4, 0.5) is 0 Å². The van der Waals surface area contributed by atoms with Crippen molar-refractivity contribution in [1.82, 2.24) is 14.8 Å². The molecule has 0 aliphatic heterocycles. The van der Waals surface area contributed by atoms with Crippen molar-refractivity contribution >= 4 is 17.3 Å². The third kappa shape index (κ3) is 4.76. The second-order valence-electron chi connectivity index (χ2n) is 6.95. The van der Waals surface area contributed by atoms with Crippen LogP contribution in [0.3, 0.4) is 0 Å². The number of nitrogens with zero attached hydrogens (tertiary/aromatic N) is 3. The van der Waals surface area contributed by atoms with Crippen molar-refractivity contribution in [2.24, 2.45) is 0 Å². The van der Waals surface area contributed by atoms with E-state index < -0.39 is 5.97 Å². The lowest BCUT2D eigenvalue weighted by molar-refractivity contribution is 0.0697. The van der Waals surface area contributed by atoms with E-state index >= 15 is 0 Å². The maximum absolute atomic E-state index is 11.3. The van der Waals surface area contributed by atoms with Gasteiger partial charge in [0.2, 0.25) is 0 Å². The Morgan fingerprint density at radius 2 is 1.52 bits per heavy atom. The summed E-state index contributed by atoms with van der Waals surface area (Å²) in [4.78, 5) is 17.2. The molecule has 33 heavy (non-hydrogen) atoms. The molecule has 5 aromatic rings. The molecule has 0 radical (unpaired) electrons. The molecule has 0 atom stereocenters. The molecular formula is C27H23N3O2S. The summed E-state index contributed by atoms with van der Waals surface area (Å²) in [6.07, 6.45) is 0. The molecule has 0 unspecified atom stereocenters. The Bertz CT molecular complexity index is 1360. The number of aromatic carboxylic acids is 1. The standard InChI is InChI=1S/C25H17N3O2S.C2H6/c29-25(30)20-10-5-8-18(16-20)17-7-4-9-19(15-17)23-26-24(22-13-6-14-31-22)28(27-23)21-11-2-1-3-12-21;1-2/h1-16H,(H,29,30);1-2H3. The van der Waals surface area contributed by atoms with E-state index in [4.69, 9.17) is 10.1 Å². The molecule has 0 saturated carbocycles. The quantitative estimate of drug-likeness (QED) is 0.309. The average molecular weight is 454 g/mol. The minimum atomic E-state index is -0.943. The highest BCUT2D eigenvalue weighted by Crippen LogP contribution is 2.30. The van der Waals surface area contributed by atoms with Gasteiger partial charge in [-0.05, 0) is 52.9 Å². The predicted molar refractivity (Wildman–Crippen MR) is 134 cm³/mol. The van der Waals surface area contributed by atoms with E-state index in [-0.39, 0.29) is 5.56 Å². The van der Waals surface area contributed by atoms with E-state index in [1.807, 2.05) is 96.7 Å². The lowest BCUT2D eigenvalue weighted by Gasteiger charge is -2.05. The predicted octanol–water partition coefficient (Wildman–Crippen LogP) is 7.05. The van der Waals surface area contributed by atoms with Crippen LogP contribution in [-0.2, 0) is 0 Å². The number of carboxylic acids is 1. The molecule has 1 N–H and O–H groups in total. The first kappa shape index (κ1) is 22.2. The van der Waals surface area contributed by atoms with E-state index in [0.29, 0.717) is 5.82 Å². The molecule has 0 amide bonds. The Morgan fingerprint density at radius 1 is 0.818 bits per heavy atom. The molecule has 164 valence electrons. The fraction of sp³-hybridized carbons (Fsp3) is 0.0741. The van der Waals surface area contributed by atoms with Gasteiger partial charge in [-0.25, -0.2) is 14.5 Å². The van der Waals surface area contributed by atoms with Crippen molar-refractivity contribution in [3.05, 3.63) is 102 Å². The Hall–Kier alpha value is -4.03. The number of benzene rings is 3. The Kier molecular flexibility index (Phi) is 6.76. The van der Waals surface area contributed by atoms with Crippen molar-refractivity contribution in [2.75, 3.05) is 0 Å². The van der Waals surface area contributed by atoms with Gasteiger partial charge in [-0.2, -0.15) is 0 Å². The summed E-state index contributed by atoms with van der Waals surface area (Å²) in [6.45, 7) is 4.00. The molecular weight excluding hydrogens is 430 g/mol. The number of aromatic nitrogens is 3. The minimum absolute atomic E-state index is 0.259. The average Bonchev–Trinajstić information content (AvgIpc) is 3.56. The summed E-state index contributed by atoms with van der Waals surface area (Å²) in [6, 6.07) is 28.7. The summed E-state index contributed by atoms with van der Waals surface area (Å²) >= 11 is 1.62. The topological polar surface area (TPSA) is 68.0 Å². The lowest BCUT2D eigenvalue weighted by Crippen LogP contribution is -1.98. The van der Waals surface area contributed by atoms with Crippen LogP contribution in [0.25, 0.3) is 38.9 Å². The molecule has 2 heterocycles. The van der Waals surface area contributed by atoms with Crippen LogP contribution in [0.2, 0.25) is 0 Å². The molecule has 5 nitrogen and oxygen atoms in total. The summed E-state index contributed by atoms with van der Waals surface area (Å²) in [5.41, 5.74) is 3.81. The summed E-state index contributed by atoms with van der Waals surface area (Å²) in [7, 11) is 0. The van der Waals surface area contributed by atoms with Crippen molar-refractivity contribution in [3.8, 4) is 38.9 Å². The number of carboxylic acid groups (broad SMARTS) is 1. The fourth-order valence-corrected chi connectivity index (χ4v) is 4.12. The second kappa shape index (κ2) is 10.1. The molecule has 0 aliphatic carbocycles. The van der Waals surface area contributed by atoms with Crippen molar-refractivity contribution in [2.45, 2.75) is 13.8 Å². The first-order chi connectivity index (χ1) is 16.2. The molecule has 6 heteroatoms. The van der Waals surface area contributed by atoms with Crippen molar-refractivity contribution in [3.63, 3.8) is 0 Å². The van der Waals surface area contributed by atoms with Gasteiger partial charge in [-0.3, -0.25) is 0 Å². The van der Waals surface area contributed by atoms with Gasteiger partial charge in [-0.15, -0.1) is 16.4 Å². The van der Waals surface area contributed by atoms with Crippen LogP contribution < -0.4 is 0 Å². The molecule has 0 spiro atoms. The lowest BCUT2D eigenvalue weighted by atomic mass is 10.0. The van der Waals surface area contributed by atoms with Gasteiger partial charge in [-0.1, -0.05) is 68.4 Å². The van der Waals surface area contributed by atoms with Crippen LogP contribution >= 0.6 is 11.3 Å². The van der Waals surface area contributed by atoms with E-state index in [1.165, 1.54) is 0 Å². The van der Waals surface area contributed by atoms with E-state index in [0.717, 1.165) is 33.1 Å². The molecule has 0 fully saturated rings. The number of carbonyl (C=O) groups is 1. The molecule has 3 aromatic carbocycles. The number of hydrogen-bond acceptors (Lipinski definition) is 4. The Balaban J connectivity index is 0.00000126. The number of thiophene rings is 1. The van der Waals surface area contributed by atoms with Gasteiger partial charge in [0, 0.05) is 5.56 Å². The largest absolute Gasteiger partial charge is 0.478 e. The highest BCUT2D eigenvalue weighted by Gasteiger charge is 2.16. The molecule has 0 bridgehead atoms. The van der Waals surface area contributed by atoms with Gasteiger partial charge in [0.05, 0.1) is 16.1 Å². The molecule has 0 saturated heterocycles. The zero-order chi connectivity index (χ0) is 23.2. The van der Waals surface area contributed by atoms with Crippen molar-refractivity contribution < 1.29 is 9.90 Å². The minimum Gasteiger partial charge on any atom is -0.478 e. The molecule has 5 rings (SSSR count). The van der Waals surface area contributed by atoms with Gasteiger partial charge in [0.15, 0.2) is 11.6 Å². The van der Waals surface area contributed by atoms with Crippen LogP contribution in [0, 0.1) is 0 Å². The van der Waals surface area contributed by atoms with Gasteiger partial charge in [0.1, 0.15) is 0 Å². The smallest absolute Gasteiger partial charge is 0.335 e. The first-order valence-corrected chi connectivity index (χ1v) is 11.6. The number of para-hydroxylation sites is 1. The number of hydrogen-bond donors (Lipinski definition) is 1. The second-order valence-corrected chi connectivity index (χ2v) is 7.90. The molecule has 0 aliphatic rings. The van der Waals surface area contributed by atoms with Gasteiger partial charge < -0.3 is 5.11 Å². The van der Waals surface area contributed by atoms with E-state index in [2.05, 4.69) is 0 Å². The summed E-state index contributed by atoms with van der Waals surface area (Å²) in [5, 5.41) is 16.1. The molecule has 2 aromatic heterocycles. The van der Waals surface area contributed by atoms with Gasteiger partial charge in [0.25, 0.3) is 0 Å². The van der Waals surface area contributed by atoms with Gasteiger partial charge >= 0.3 is 5.97 Å². The fourth-order valence-electron chi connectivity index (χ4n) is 3.42. The van der Waals surface area contributed by atoms with Crippen LogP contribution in [0.5, 0.6) is 0 Å². The summed E-state index contributed by atoms with van der Waals surface area (Å²) < 4.78 is 1.86. The normalized spacial score (nSPS) is 10.4.